The zero-order valence-corrected chi connectivity index (χ0v) is 10.9. The predicted molar refractivity (Wildman–Crippen MR) is 60.2 cm³/mol. The summed E-state index contributed by atoms with van der Waals surface area (Å²) in [6.45, 7) is 3.93. The number of carbonyl (C=O) groups is 1. The molecule has 15 heavy (non-hydrogen) atoms. The fourth-order valence-corrected chi connectivity index (χ4v) is 2.32. The number of rotatable bonds is 8. The molecule has 0 saturated heterocycles. The van der Waals surface area contributed by atoms with Crippen molar-refractivity contribution in [3.8, 4) is 0 Å². The third-order valence-corrected chi connectivity index (χ3v) is 4.26. The topological polar surface area (TPSA) is 52.6 Å². The molecule has 0 aromatic carbocycles. The van der Waals surface area contributed by atoms with Gasteiger partial charge in [0.1, 0.15) is 11.9 Å². The second kappa shape index (κ2) is 7.15. The van der Waals surface area contributed by atoms with Crippen LogP contribution in [0.4, 0.5) is 0 Å². The first-order chi connectivity index (χ1) is 6.99. The molecule has 0 aromatic rings. The summed E-state index contributed by atoms with van der Waals surface area (Å²) in [5.41, 5.74) is 0. The molecule has 5 heteroatoms. The second-order valence-corrected chi connectivity index (χ2v) is 5.91. The van der Waals surface area contributed by atoms with E-state index in [-0.39, 0.29) is 17.9 Å². The summed E-state index contributed by atoms with van der Waals surface area (Å²) in [5.74, 6) is -0.112. The Bertz CT molecular complexity index is 232. The number of carbonyl (C=O) groups excluding carboxylic acids is 1. The monoisotopic (exact) mass is 236 g/mol. The van der Waals surface area contributed by atoms with E-state index in [0.717, 1.165) is 19.3 Å². The maximum absolute atomic E-state index is 11.7. The van der Waals surface area contributed by atoms with Crippen molar-refractivity contribution in [1.82, 2.24) is 0 Å². The molecule has 0 aliphatic carbocycles. The van der Waals surface area contributed by atoms with Crippen molar-refractivity contribution in [3.63, 3.8) is 0 Å². The van der Waals surface area contributed by atoms with Gasteiger partial charge < -0.3 is 9.05 Å². The molecular formula is C10H21O4P. The summed E-state index contributed by atoms with van der Waals surface area (Å²) in [4.78, 5) is 11.7. The summed E-state index contributed by atoms with van der Waals surface area (Å²) in [6, 6.07) is 0. The van der Waals surface area contributed by atoms with E-state index in [0.29, 0.717) is 0 Å². The Morgan fingerprint density at radius 3 is 2.27 bits per heavy atom. The Morgan fingerprint density at radius 1 is 1.33 bits per heavy atom. The van der Waals surface area contributed by atoms with Crippen LogP contribution in [-0.2, 0) is 18.4 Å². The smallest absolute Gasteiger partial charge is 0.312 e. The normalized spacial score (nSPS) is 13.9. The van der Waals surface area contributed by atoms with Crippen LogP contribution in [0, 0.1) is 5.92 Å². The van der Waals surface area contributed by atoms with Gasteiger partial charge in [0, 0.05) is 20.1 Å². The Kier molecular flexibility index (Phi) is 7.07. The zero-order valence-electron chi connectivity index (χ0n) is 9.99. The molecule has 0 aliphatic heterocycles. The van der Waals surface area contributed by atoms with Gasteiger partial charge in [-0.2, -0.15) is 0 Å². The number of hydrogen-bond acceptors (Lipinski definition) is 4. The molecule has 90 valence electrons. The minimum absolute atomic E-state index is 0.0458. The molecule has 0 saturated carbocycles. The number of ketones is 1. The summed E-state index contributed by atoms with van der Waals surface area (Å²) >= 11 is 0. The van der Waals surface area contributed by atoms with Gasteiger partial charge in [-0.3, -0.25) is 9.36 Å². The van der Waals surface area contributed by atoms with E-state index in [9.17, 15) is 9.36 Å². The Balaban J connectivity index is 4.17. The molecule has 0 rings (SSSR count). The van der Waals surface area contributed by atoms with E-state index < -0.39 is 7.60 Å². The highest BCUT2D eigenvalue weighted by molar-refractivity contribution is 7.54. The highest BCUT2D eigenvalue weighted by Gasteiger charge is 2.27. The molecule has 1 atom stereocenters. The van der Waals surface area contributed by atoms with Gasteiger partial charge in [-0.15, -0.1) is 0 Å². The van der Waals surface area contributed by atoms with Crippen LogP contribution in [0.1, 0.15) is 33.1 Å². The SMILES string of the molecule is CCCC[C@H](C)C(=O)CP(=O)(OC)OC. The van der Waals surface area contributed by atoms with Crippen LogP contribution in [0.25, 0.3) is 0 Å². The summed E-state index contributed by atoms with van der Waals surface area (Å²) in [7, 11) is -0.573. The van der Waals surface area contributed by atoms with Crippen LogP contribution >= 0.6 is 7.60 Å². The minimum Gasteiger partial charge on any atom is -0.312 e. The number of Topliss-reactive ketones (excluding diaryl/α,β-unsaturated/α-hetero) is 1. The largest absolute Gasteiger partial charge is 0.337 e. The molecule has 0 radical (unpaired) electrons. The van der Waals surface area contributed by atoms with Crippen molar-refractivity contribution < 1.29 is 18.4 Å². The fraction of sp³-hybridized carbons (Fsp3) is 0.900. The molecule has 0 fully saturated rings. The van der Waals surface area contributed by atoms with Gasteiger partial charge in [0.2, 0.25) is 0 Å². The van der Waals surface area contributed by atoms with Crippen LogP contribution in [-0.4, -0.2) is 26.2 Å². The molecule has 0 heterocycles. The lowest BCUT2D eigenvalue weighted by atomic mass is 10.0. The average Bonchev–Trinajstić information content (AvgIpc) is 2.25. The maximum Gasteiger partial charge on any atom is 0.337 e. The number of unbranched alkanes of at least 4 members (excludes halogenated alkanes) is 1. The van der Waals surface area contributed by atoms with E-state index in [4.69, 9.17) is 9.05 Å². The summed E-state index contributed by atoms with van der Waals surface area (Å²) < 4.78 is 21.1. The molecule has 0 amide bonds. The molecule has 0 aliphatic rings. The summed E-state index contributed by atoms with van der Waals surface area (Å²) in [5, 5.41) is 0. The van der Waals surface area contributed by atoms with Crippen LogP contribution < -0.4 is 0 Å². The molecule has 4 nitrogen and oxygen atoms in total. The Labute approximate surface area is 91.9 Å². The fourth-order valence-electron chi connectivity index (χ4n) is 1.22. The van der Waals surface area contributed by atoms with Crippen LogP contribution in [0.2, 0.25) is 0 Å². The first-order valence-electron chi connectivity index (χ1n) is 5.22. The third-order valence-electron chi connectivity index (χ3n) is 2.45. The van der Waals surface area contributed by atoms with Crippen LogP contribution in [0.15, 0.2) is 0 Å². The lowest BCUT2D eigenvalue weighted by Crippen LogP contribution is -2.16. The van der Waals surface area contributed by atoms with E-state index in [1.54, 1.807) is 0 Å². The molecular weight excluding hydrogens is 215 g/mol. The zero-order chi connectivity index (χ0) is 11.9. The van der Waals surface area contributed by atoms with Crippen molar-refractivity contribution in [2.24, 2.45) is 5.92 Å². The van der Waals surface area contributed by atoms with Crippen molar-refractivity contribution in [2.45, 2.75) is 33.1 Å². The first kappa shape index (κ1) is 14.8. The van der Waals surface area contributed by atoms with Gasteiger partial charge in [-0.1, -0.05) is 26.7 Å². The van der Waals surface area contributed by atoms with Gasteiger partial charge in [-0.05, 0) is 6.42 Å². The van der Waals surface area contributed by atoms with Crippen molar-refractivity contribution in [3.05, 3.63) is 0 Å². The quantitative estimate of drug-likeness (QED) is 0.608. The molecule has 0 N–H and O–H groups in total. The van der Waals surface area contributed by atoms with Gasteiger partial charge in [0.15, 0.2) is 0 Å². The third kappa shape index (κ3) is 5.45. The van der Waals surface area contributed by atoms with Crippen molar-refractivity contribution >= 4 is 13.4 Å². The van der Waals surface area contributed by atoms with Crippen molar-refractivity contribution in [2.75, 3.05) is 20.4 Å². The average molecular weight is 236 g/mol. The minimum atomic E-state index is -3.17. The van der Waals surface area contributed by atoms with E-state index in [1.165, 1.54) is 14.2 Å². The highest BCUT2D eigenvalue weighted by Crippen LogP contribution is 2.46. The first-order valence-corrected chi connectivity index (χ1v) is 6.95. The molecule has 0 spiro atoms. The second-order valence-electron chi connectivity index (χ2n) is 3.64. The molecule has 0 unspecified atom stereocenters. The van der Waals surface area contributed by atoms with Gasteiger partial charge in [0.25, 0.3) is 0 Å². The predicted octanol–water partition coefficient (Wildman–Crippen LogP) is 2.87. The van der Waals surface area contributed by atoms with Crippen LogP contribution in [0.5, 0.6) is 0 Å². The molecule has 0 bridgehead atoms. The Hall–Kier alpha value is -0.180. The standard InChI is InChI=1S/C10H21O4P/c1-5-6-7-9(2)10(11)8-15(12,13-3)14-4/h9H,5-8H2,1-4H3/t9-/m0/s1. The van der Waals surface area contributed by atoms with Gasteiger partial charge in [-0.25, -0.2) is 0 Å². The lowest BCUT2D eigenvalue weighted by Gasteiger charge is -2.15. The van der Waals surface area contributed by atoms with E-state index in [1.807, 2.05) is 6.92 Å². The van der Waals surface area contributed by atoms with Gasteiger partial charge in [0.05, 0.1) is 0 Å². The number of hydrogen-bond donors (Lipinski definition) is 0. The highest BCUT2D eigenvalue weighted by atomic mass is 31.2. The van der Waals surface area contributed by atoms with Crippen molar-refractivity contribution in [1.29, 1.82) is 0 Å². The van der Waals surface area contributed by atoms with E-state index in [2.05, 4.69) is 6.92 Å². The van der Waals surface area contributed by atoms with Crippen LogP contribution in [0.3, 0.4) is 0 Å². The van der Waals surface area contributed by atoms with E-state index >= 15 is 0 Å². The van der Waals surface area contributed by atoms with Gasteiger partial charge >= 0.3 is 7.60 Å². The Morgan fingerprint density at radius 2 is 1.87 bits per heavy atom. The molecule has 0 aromatic heterocycles. The summed E-state index contributed by atoms with van der Waals surface area (Å²) in [6.07, 6.45) is 2.79. The maximum atomic E-state index is 11.7. The lowest BCUT2D eigenvalue weighted by molar-refractivity contribution is -0.120.